The highest BCUT2D eigenvalue weighted by atomic mass is 19.4. The fourth-order valence-corrected chi connectivity index (χ4v) is 4.21. The molecule has 194 valence electrons. The number of nitrogens with zero attached hydrogens (tertiary/aromatic N) is 3. The van der Waals surface area contributed by atoms with E-state index in [1.807, 2.05) is 75.3 Å². The van der Waals surface area contributed by atoms with Crippen LogP contribution < -0.4 is 15.2 Å². The maximum atomic E-state index is 13.8. The Balaban J connectivity index is 1.78. The van der Waals surface area contributed by atoms with Crippen molar-refractivity contribution < 1.29 is 17.9 Å². The van der Waals surface area contributed by atoms with Gasteiger partial charge < -0.3 is 14.2 Å². The molecule has 3 aromatic carbocycles. The molecule has 4 rings (SSSR count). The molecule has 0 unspecified atom stereocenters. The van der Waals surface area contributed by atoms with E-state index in [9.17, 15) is 23.2 Å². The van der Waals surface area contributed by atoms with Crippen molar-refractivity contribution in [3.05, 3.63) is 111 Å². The van der Waals surface area contributed by atoms with Gasteiger partial charge in [0.25, 0.3) is 5.56 Å². The van der Waals surface area contributed by atoms with E-state index in [2.05, 4.69) is 0 Å². The first-order valence-electron chi connectivity index (χ1n) is 11.8. The minimum absolute atomic E-state index is 0.0174. The van der Waals surface area contributed by atoms with Crippen LogP contribution in [0.3, 0.4) is 0 Å². The topological polar surface area (TPSA) is 58.3 Å². The average molecular weight is 518 g/mol. The van der Waals surface area contributed by atoms with Crippen molar-refractivity contribution >= 4 is 5.69 Å². The molecule has 0 N–H and O–H groups in total. The van der Waals surface area contributed by atoms with Crippen LogP contribution >= 0.6 is 0 Å². The number of anilines is 1. The fraction of sp³-hybridized carbons (Fsp3) is 0.200. The van der Waals surface area contributed by atoms with Gasteiger partial charge in [-0.1, -0.05) is 23.8 Å². The second-order valence-corrected chi connectivity index (χ2v) is 9.26. The summed E-state index contributed by atoms with van der Waals surface area (Å²) in [5.74, 6) is 1.09. The molecule has 0 aliphatic carbocycles. The van der Waals surface area contributed by atoms with Crippen LogP contribution in [0.15, 0.2) is 77.6 Å². The molecule has 8 heteroatoms. The van der Waals surface area contributed by atoms with Gasteiger partial charge in [0.2, 0.25) is 0 Å². The zero-order valence-corrected chi connectivity index (χ0v) is 21.4. The largest absolute Gasteiger partial charge is 0.457 e. The second kappa shape index (κ2) is 10.5. The van der Waals surface area contributed by atoms with Gasteiger partial charge in [0.05, 0.1) is 17.8 Å². The van der Waals surface area contributed by atoms with Crippen LogP contribution in [0.25, 0.3) is 11.3 Å². The van der Waals surface area contributed by atoms with E-state index in [1.165, 1.54) is 10.6 Å². The lowest BCUT2D eigenvalue weighted by molar-refractivity contribution is -0.137. The molecule has 0 spiro atoms. The zero-order chi connectivity index (χ0) is 27.6. The Morgan fingerprint density at radius 2 is 1.53 bits per heavy atom. The van der Waals surface area contributed by atoms with Gasteiger partial charge in [-0.3, -0.25) is 4.79 Å². The smallest absolute Gasteiger partial charge is 0.417 e. The quantitative estimate of drug-likeness (QED) is 0.278. The maximum Gasteiger partial charge on any atom is 0.417 e. The Morgan fingerprint density at radius 1 is 0.921 bits per heavy atom. The molecule has 1 aromatic heterocycles. The van der Waals surface area contributed by atoms with Crippen molar-refractivity contribution in [3.63, 3.8) is 0 Å². The Kier molecular flexibility index (Phi) is 7.31. The minimum Gasteiger partial charge on any atom is -0.457 e. The number of pyridine rings is 1. The molecule has 1 heterocycles. The van der Waals surface area contributed by atoms with Crippen molar-refractivity contribution in [1.29, 1.82) is 5.26 Å². The van der Waals surface area contributed by atoms with Crippen molar-refractivity contribution in [1.82, 2.24) is 4.57 Å². The fourth-order valence-electron chi connectivity index (χ4n) is 4.21. The molecule has 0 saturated carbocycles. The molecule has 0 aliphatic heterocycles. The molecule has 0 saturated heterocycles. The highest BCUT2D eigenvalue weighted by molar-refractivity contribution is 5.64. The van der Waals surface area contributed by atoms with Gasteiger partial charge in [0.1, 0.15) is 23.1 Å². The molecule has 0 atom stereocenters. The number of aromatic nitrogens is 1. The normalized spacial score (nSPS) is 11.2. The number of nitriles is 1. The number of hydrogen-bond donors (Lipinski definition) is 0. The number of rotatable bonds is 6. The molecule has 0 bridgehead atoms. The molecule has 0 aliphatic rings. The highest BCUT2D eigenvalue weighted by Gasteiger charge is 2.36. The second-order valence-electron chi connectivity index (χ2n) is 9.26. The standard InChI is InChI=1S/C30H26F3N3O2/c1-19-5-6-22(20(2)15-19)18-36-28(16-27(30(31,32)33)26(17-34)29(36)37)21-7-11-24(12-8-21)38-25-13-9-23(10-14-25)35(3)4/h5-16H,18H2,1-4H3. The summed E-state index contributed by atoms with van der Waals surface area (Å²) in [6.07, 6.45) is -4.86. The summed E-state index contributed by atoms with van der Waals surface area (Å²) in [6, 6.07) is 21.9. The zero-order valence-electron chi connectivity index (χ0n) is 21.4. The van der Waals surface area contributed by atoms with Crippen LogP contribution in [0.1, 0.15) is 27.8 Å². The van der Waals surface area contributed by atoms with Crippen molar-refractivity contribution in [2.45, 2.75) is 26.6 Å². The predicted molar refractivity (Wildman–Crippen MR) is 142 cm³/mol. The van der Waals surface area contributed by atoms with E-state index in [0.717, 1.165) is 28.4 Å². The molecule has 4 aromatic rings. The third-order valence-electron chi connectivity index (χ3n) is 6.28. The van der Waals surface area contributed by atoms with Crippen molar-refractivity contribution in [2.24, 2.45) is 0 Å². The molecule has 0 fully saturated rings. The number of halogens is 3. The van der Waals surface area contributed by atoms with E-state index in [1.54, 1.807) is 24.3 Å². The maximum absolute atomic E-state index is 13.8. The molecule has 0 radical (unpaired) electrons. The third kappa shape index (κ3) is 5.57. The summed E-state index contributed by atoms with van der Waals surface area (Å²) in [5, 5.41) is 9.45. The monoisotopic (exact) mass is 517 g/mol. The SMILES string of the molecule is Cc1ccc(Cn2c(-c3ccc(Oc4ccc(N(C)C)cc4)cc3)cc(C(F)(F)F)c(C#N)c2=O)c(C)c1. The van der Waals surface area contributed by atoms with Crippen LogP contribution in [0, 0.1) is 25.2 Å². The lowest BCUT2D eigenvalue weighted by Gasteiger charge is -2.19. The Labute approximate surface area is 219 Å². The lowest BCUT2D eigenvalue weighted by atomic mass is 10.0. The van der Waals surface area contributed by atoms with E-state index < -0.39 is 22.9 Å². The van der Waals surface area contributed by atoms with Crippen LogP contribution in [-0.4, -0.2) is 18.7 Å². The van der Waals surface area contributed by atoms with Crippen LogP contribution in [0.4, 0.5) is 18.9 Å². The third-order valence-corrected chi connectivity index (χ3v) is 6.28. The molecular weight excluding hydrogens is 491 g/mol. The number of benzene rings is 3. The van der Waals surface area contributed by atoms with E-state index >= 15 is 0 Å². The summed E-state index contributed by atoms with van der Waals surface area (Å²) in [4.78, 5) is 15.2. The Bertz CT molecular complexity index is 1560. The van der Waals surface area contributed by atoms with Gasteiger partial charge in [0, 0.05) is 19.8 Å². The first-order valence-corrected chi connectivity index (χ1v) is 11.8. The Hall–Kier alpha value is -4.51. The van der Waals surface area contributed by atoms with Gasteiger partial charge in [-0.15, -0.1) is 0 Å². The van der Waals surface area contributed by atoms with Gasteiger partial charge in [-0.05, 0) is 85.1 Å². The summed E-state index contributed by atoms with van der Waals surface area (Å²) in [6.45, 7) is 3.82. The van der Waals surface area contributed by atoms with E-state index in [4.69, 9.17) is 4.74 Å². The van der Waals surface area contributed by atoms with E-state index in [0.29, 0.717) is 17.1 Å². The predicted octanol–water partition coefficient (Wildman–Crippen LogP) is 6.93. The number of ether oxygens (including phenoxy) is 1. The number of aryl methyl sites for hydroxylation is 2. The number of alkyl halides is 3. The van der Waals surface area contributed by atoms with Gasteiger partial charge in [0.15, 0.2) is 0 Å². The molecule has 38 heavy (non-hydrogen) atoms. The van der Waals surface area contributed by atoms with Crippen LogP contribution in [-0.2, 0) is 12.7 Å². The van der Waals surface area contributed by atoms with Gasteiger partial charge in [-0.25, -0.2) is 0 Å². The van der Waals surface area contributed by atoms with Gasteiger partial charge >= 0.3 is 6.18 Å². The van der Waals surface area contributed by atoms with Gasteiger partial charge in [-0.2, -0.15) is 18.4 Å². The number of hydrogen-bond acceptors (Lipinski definition) is 4. The first-order chi connectivity index (χ1) is 18.0. The minimum atomic E-state index is -4.86. The summed E-state index contributed by atoms with van der Waals surface area (Å²) in [5.41, 5.74) is 0.977. The van der Waals surface area contributed by atoms with E-state index in [-0.39, 0.29) is 12.2 Å². The lowest BCUT2D eigenvalue weighted by Crippen LogP contribution is -2.29. The Morgan fingerprint density at radius 3 is 2.05 bits per heavy atom. The summed E-state index contributed by atoms with van der Waals surface area (Å²) >= 11 is 0. The van der Waals surface area contributed by atoms with Crippen molar-refractivity contribution in [2.75, 3.05) is 19.0 Å². The molecule has 0 amide bonds. The molecule has 5 nitrogen and oxygen atoms in total. The summed E-state index contributed by atoms with van der Waals surface area (Å²) < 4.78 is 48.6. The average Bonchev–Trinajstić information content (AvgIpc) is 2.86. The summed E-state index contributed by atoms with van der Waals surface area (Å²) in [7, 11) is 3.86. The van der Waals surface area contributed by atoms with Crippen molar-refractivity contribution in [3.8, 4) is 28.8 Å². The molecular formula is C30H26F3N3O2. The highest BCUT2D eigenvalue weighted by Crippen LogP contribution is 2.34. The van der Waals surface area contributed by atoms with Crippen LogP contribution in [0.2, 0.25) is 0 Å². The van der Waals surface area contributed by atoms with Crippen LogP contribution in [0.5, 0.6) is 11.5 Å². The first kappa shape index (κ1) is 26.6.